The molecular formula is C17H29NO2. The van der Waals surface area contributed by atoms with Gasteiger partial charge in [0.15, 0.2) is 0 Å². The predicted molar refractivity (Wildman–Crippen MR) is 79.7 cm³/mol. The van der Waals surface area contributed by atoms with Gasteiger partial charge in [0.25, 0.3) is 0 Å². The lowest BCUT2D eigenvalue weighted by atomic mass is 9.71. The van der Waals surface area contributed by atoms with Crippen LogP contribution < -0.4 is 0 Å². The minimum Gasteiger partial charge on any atom is -0.480 e. The van der Waals surface area contributed by atoms with Crippen LogP contribution in [0.1, 0.15) is 70.6 Å². The fraction of sp³-hybridized carbons (Fsp3) is 0.941. The summed E-state index contributed by atoms with van der Waals surface area (Å²) in [6.45, 7) is 2.11. The summed E-state index contributed by atoms with van der Waals surface area (Å²) in [5, 5.41) is 9.66. The van der Waals surface area contributed by atoms with Gasteiger partial charge in [0.1, 0.15) is 6.04 Å². The van der Waals surface area contributed by atoms with Gasteiger partial charge in [-0.1, -0.05) is 44.9 Å². The number of nitrogens with zero attached hydrogens (tertiary/aromatic N) is 1. The van der Waals surface area contributed by atoms with Crippen LogP contribution in [0.5, 0.6) is 0 Å². The second-order valence-corrected chi connectivity index (χ2v) is 7.50. The number of aliphatic carboxylic acids is 1. The van der Waals surface area contributed by atoms with E-state index in [0.29, 0.717) is 11.3 Å². The number of likely N-dealkylation sites (tertiary alicyclic amines) is 1. The van der Waals surface area contributed by atoms with Crippen LogP contribution in [0.15, 0.2) is 0 Å². The van der Waals surface area contributed by atoms with Crippen LogP contribution in [0.4, 0.5) is 0 Å². The van der Waals surface area contributed by atoms with Crippen molar-refractivity contribution in [2.24, 2.45) is 11.3 Å². The highest BCUT2D eigenvalue weighted by Gasteiger charge is 2.48. The Labute approximate surface area is 122 Å². The molecule has 1 unspecified atom stereocenters. The van der Waals surface area contributed by atoms with E-state index in [0.717, 1.165) is 25.9 Å². The second kappa shape index (κ2) is 6.05. The number of rotatable bonds is 3. The smallest absolute Gasteiger partial charge is 0.321 e. The van der Waals surface area contributed by atoms with E-state index >= 15 is 0 Å². The quantitative estimate of drug-likeness (QED) is 0.857. The highest BCUT2D eigenvalue weighted by Crippen LogP contribution is 2.45. The van der Waals surface area contributed by atoms with Gasteiger partial charge in [-0.3, -0.25) is 9.69 Å². The molecule has 3 fully saturated rings. The molecule has 1 atom stereocenters. The molecule has 1 spiro atoms. The zero-order chi connectivity index (χ0) is 14.0. The van der Waals surface area contributed by atoms with Crippen LogP contribution in [0.2, 0.25) is 0 Å². The fourth-order valence-corrected chi connectivity index (χ4v) is 4.91. The van der Waals surface area contributed by atoms with Gasteiger partial charge in [0.05, 0.1) is 0 Å². The summed E-state index contributed by atoms with van der Waals surface area (Å²) < 4.78 is 0. The lowest BCUT2D eigenvalue weighted by molar-refractivity contribution is -0.154. The normalized spacial score (nSPS) is 29.6. The lowest BCUT2D eigenvalue weighted by Crippen LogP contribution is -2.63. The molecule has 3 heteroatoms. The van der Waals surface area contributed by atoms with Crippen LogP contribution in [0.25, 0.3) is 0 Å². The molecule has 0 amide bonds. The number of carboxylic acids is 1. The first-order chi connectivity index (χ1) is 9.70. The molecule has 0 aromatic rings. The number of hydrogen-bond donors (Lipinski definition) is 1. The summed E-state index contributed by atoms with van der Waals surface area (Å²) in [4.78, 5) is 14.0. The molecule has 2 aliphatic carbocycles. The van der Waals surface area contributed by atoms with E-state index in [-0.39, 0.29) is 6.04 Å². The minimum absolute atomic E-state index is 0.191. The Morgan fingerprint density at radius 1 is 0.950 bits per heavy atom. The molecule has 20 heavy (non-hydrogen) atoms. The van der Waals surface area contributed by atoms with E-state index in [1.807, 2.05) is 0 Å². The Bertz CT molecular complexity index is 333. The predicted octanol–water partition coefficient (Wildman–Crippen LogP) is 3.68. The molecule has 3 aliphatic rings. The molecule has 0 aromatic carbocycles. The molecule has 0 aromatic heterocycles. The molecule has 114 valence electrons. The van der Waals surface area contributed by atoms with E-state index < -0.39 is 5.97 Å². The van der Waals surface area contributed by atoms with E-state index in [1.165, 1.54) is 57.8 Å². The average molecular weight is 279 g/mol. The van der Waals surface area contributed by atoms with Crippen LogP contribution >= 0.6 is 0 Å². The standard InChI is InChI=1S/C17H29NO2/c19-16(20)15(14-8-4-3-5-9-14)18-12-17(13-18)10-6-1-2-7-11-17/h14-15H,1-13H2,(H,19,20). The third kappa shape index (κ3) is 2.88. The van der Waals surface area contributed by atoms with Crippen LogP contribution in [-0.4, -0.2) is 35.1 Å². The highest BCUT2D eigenvalue weighted by atomic mass is 16.4. The molecule has 2 saturated carbocycles. The lowest BCUT2D eigenvalue weighted by Gasteiger charge is -2.54. The van der Waals surface area contributed by atoms with Gasteiger partial charge in [-0.2, -0.15) is 0 Å². The summed E-state index contributed by atoms with van der Waals surface area (Å²) in [7, 11) is 0. The topological polar surface area (TPSA) is 40.5 Å². The van der Waals surface area contributed by atoms with Crippen molar-refractivity contribution in [3.05, 3.63) is 0 Å². The Balaban J connectivity index is 1.61. The monoisotopic (exact) mass is 279 g/mol. The zero-order valence-electron chi connectivity index (χ0n) is 12.6. The number of carbonyl (C=O) groups is 1. The van der Waals surface area contributed by atoms with Gasteiger partial charge in [0.2, 0.25) is 0 Å². The second-order valence-electron chi connectivity index (χ2n) is 7.50. The van der Waals surface area contributed by atoms with Gasteiger partial charge in [0, 0.05) is 13.1 Å². The van der Waals surface area contributed by atoms with Crippen molar-refractivity contribution >= 4 is 5.97 Å². The maximum atomic E-state index is 11.7. The number of hydrogen-bond acceptors (Lipinski definition) is 2. The molecular weight excluding hydrogens is 250 g/mol. The molecule has 1 N–H and O–H groups in total. The molecule has 0 bridgehead atoms. The Kier molecular flexibility index (Phi) is 4.34. The van der Waals surface area contributed by atoms with E-state index in [4.69, 9.17) is 0 Å². The minimum atomic E-state index is -0.569. The third-order valence-corrected chi connectivity index (χ3v) is 5.98. The average Bonchev–Trinajstić information content (AvgIpc) is 2.65. The van der Waals surface area contributed by atoms with Crippen LogP contribution in [0.3, 0.4) is 0 Å². The maximum absolute atomic E-state index is 11.7. The van der Waals surface area contributed by atoms with Gasteiger partial charge >= 0.3 is 5.97 Å². The molecule has 3 rings (SSSR count). The highest BCUT2D eigenvalue weighted by molar-refractivity contribution is 5.74. The van der Waals surface area contributed by atoms with Crippen molar-refractivity contribution in [3.63, 3.8) is 0 Å². The van der Waals surface area contributed by atoms with E-state index in [1.54, 1.807) is 0 Å². The first-order valence-corrected chi connectivity index (χ1v) is 8.67. The SMILES string of the molecule is O=C(O)C(C1CCCCC1)N1CC2(CCCCCC2)C1. The van der Waals surface area contributed by atoms with Crippen molar-refractivity contribution < 1.29 is 9.90 Å². The van der Waals surface area contributed by atoms with Crippen LogP contribution in [0, 0.1) is 11.3 Å². The maximum Gasteiger partial charge on any atom is 0.321 e. The van der Waals surface area contributed by atoms with Crippen LogP contribution in [-0.2, 0) is 4.79 Å². The molecule has 1 heterocycles. The van der Waals surface area contributed by atoms with Crippen molar-refractivity contribution in [2.75, 3.05) is 13.1 Å². The number of carboxylic acid groups (broad SMARTS) is 1. The Hall–Kier alpha value is -0.570. The van der Waals surface area contributed by atoms with Crippen molar-refractivity contribution in [3.8, 4) is 0 Å². The third-order valence-electron chi connectivity index (χ3n) is 5.98. The van der Waals surface area contributed by atoms with Gasteiger partial charge in [-0.25, -0.2) is 0 Å². The van der Waals surface area contributed by atoms with Gasteiger partial charge in [-0.15, -0.1) is 0 Å². The van der Waals surface area contributed by atoms with Gasteiger partial charge < -0.3 is 5.11 Å². The molecule has 1 aliphatic heterocycles. The summed E-state index contributed by atoms with van der Waals surface area (Å²) in [5.74, 6) is -0.162. The van der Waals surface area contributed by atoms with Crippen molar-refractivity contribution in [1.82, 2.24) is 4.90 Å². The Morgan fingerprint density at radius 2 is 1.50 bits per heavy atom. The first kappa shape index (κ1) is 14.4. The molecule has 0 radical (unpaired) electrons. The van der Waals surface area contributed by atoms with Crippen molar-refractivity contribution in [2.45, 2.75) is 76.7 Å². The summed E-state index contributed by atoms with van der Waals surface area (Å²) in [6, 6.07) is -0.191. The summed E-state index contributed by atoms with van der Waals surface area (Å²) in [5.41, 5.74) is 0.485. The summed E-state index contributed by atoms with van der Waals surface area (Å²) >= 11 is 0. The van der Waals surface area contributed by atoms with Crippen molar-refractivity contribution in [1.29, 1.82) is 0 Å². The molecule has 3 nitrogen and oxygen atoms in total. The Morgan fingerprint density at radius 3 is 2.05 bits per heavy atom. The van der Waals surface area contributed by atoms with E-state index in [9.17, 15) is 9.90 Å². The largest absolute Gasteiger partial charge is 0.480 e. The fourth-order valence-electron chi connectivity index (χ4n) is 4.91. The summed E-state index contributed by atoms with van der Waals surface area (Å²) in [6.07, 6.45) is 14.2. The first-order valence-electron chi connectivity index (χ1n) is 8.67. The van der Waals surface area contributed by atoms with Gasteiger partial charge in [-0.05, 0) is 37.0 Å². The zero-order valence-corrected chi connectivity index (χ0v) is 12.6. The van der Waals surface area contributed by atoms with E-state index in [2.05, 4.69) is 4.90 Å². The molecule has 1 saturated heterocycles.